The maximum absolute atomic E-state index is 11.7. The molecule has 0 amide bonds. The van der Waals surface area contributed by atoms with Crippen molar-refractivity contribution in [2.45, 2.75) is 39.8 Å². The molecule has 0 atom stereocenters. The fourth-order valence-electron chi connectivity index (χ4n) is 2.91. The van der Waals surface area contributed by atoms with Gasteiger partial charge in [0.2, 0.25) is 0 Å². The largest absolute Gasteiger partial charge is 0.497 e. The van der Waals surface area contributed by atoms with Gasteiger partial charge < -0.3 is 19.9 Å². The molecule has 1 aromatic heterocycles. The second-order valence-electron chi connectivity index (χ2n) is 6.48. The minimum atomic E-state index is -0.766. The molecule has 0 saturated heterocycles. The molecule has 0 aliphatic heterocycles. The van der Waals surface area contributed by atoms with Crippen LogP contribution in [0.2, 0.25) is 0 Å². The van der Waals surface area contributed by atoms with Crippen LogP contribution in [-0.4, -0.2) is 29.7 Å². The summed E-state index contributed by atoms with van der Waals surface area (Å²) >= 11 is 0. The van der Waals surface area contributed by atoms with Crippen LogP contribution in [0.15, 0.2) is 42.6 Å². The molecule has 0 saturated carbocycles. The first-order valence-electron chi connectivity index (χ1n) is 9.18. The molecule has 0 fully saturated rings. The van der Waals surface area contributed by atoms with E-state index in [1.165, 1.54) is 0 Å². The predicted molar refractivity (Wildman–Crippen MR) is 104 cm³/mol. The normalized spacial score (nSPS) is 11.2. The number of hydrogen-bond donors (Lipinski definition) is 2. The highest BCUT2D eigenvalue weighted by Gasteiger charge is 2.34. The topological polar surface area (TPSA) is 80.7 Å². The van der Waals surface area contributed by atoms with E-state index in [-0.39, 0.29) is 0 Å². The molecule has 0 bridgehead atoms. The molecule has 0 aliphatic rings. The first kappa shape index (κ1) is 20.7. The van der Waals surface area contributed by atoms with E-state index < -0.39 is 11.4 Å². The fourth-order valence-corrected chi connectivity index (χ4v) is 2.91. The molecule has 0 radical (unpaired) electrons. The van der Waals surface area contributed by atoms with Crippen molar-refractivity contribution in [1.29, 1.82) is 0 Å². The number of carboxylic acids is 1. The number of ether oxygens (including phenoxy) is 2. The summed E-state index contributed by atoms with van der Waals surface area (Å²) in [6.07, 6.45) is 2.89. The van der Waals surface area contributed by atoms with Crippen LogP contribution in [0.25, 0.3) is 0 Å². The van der Waals surface area contributed by atoms with E-state index in [0.717, 1.165) is 22.8 Å². The zero-order chi connectivity index (χ0) is 19.7. The number of carboxylic acid groups (broad SMARTS) is 1. The summed E-state index contributed by atoms with van der Waals surface area (Å²) in [5.74, 6) is 0.688. The lowest BCUT2D eigenvalue weighted by Gasteiger charge is -2.27. The van der Waals surface area contributed by atoms with E-state index >= 15 is 0 Å². The van der Waals surface area contributed by atoms with Crippen molar-refractivity contribution in [3.8, 4) is 11.5 Å². The van der Waals surface area contributed by atoms with Crippen molar-refractivity contribution >= 4 is 5.97 Å². The van der Waals surface area contributed by atoms with Crippen LogP contribution in [0.4, 0.5) is 0 Å². The van der Waals surface area contributed by atoms with E-state index in [1.54, 1.807) is 13.3 Å². The SMILES string of the molecule is CCC(CC)(CNCc1cc(OC)ccc1OCc1ccccn1)C(=O)O. The van der Waals surface area contributed by atoms with Crippen molar-refractivity contribution in [2.75, 3.05) is 13.7 Å². The van der Waals surface area contributed by atoms with Gasteiger partial charge in [0.1, 0.15) is 18.1 Å². The Morgan fingerprint density at radius 3 is 2.59 bits per heavy atom. The number of carbonyl (C=O) groups is 1. The fraction of sp³-hybridized carbons (Fsp3) is 0.429. The molecule has 6 heteroatoms. The summed E-state index contributed by atoms with van der Waals surface area (Å²) in [5, 5.41) is 12.9. The second-order valence-corrected chi connectivity index (χ2v) is 6.48. The summed E-state index contributed by atoms with van der Waals surface area (Å²) < 4.78 is 11.2. The molecule has 2 aromatic rings. The van der Waals surface area contributed by atoms with Gasteiger partial charge in [0, 0.05) is 24.8 Å². The first-order valence-corrected chi connectivity index (χ1v) is 9.18. The lowest BCUT2D eigenvalue weighted by atomic mass is 9.82. The van der Waals surface area contributed by atoms with Crippen LogP contribution in [0.3, 0.4) is 0 Å². The molecule has 6 nitrogen and oxygen atoms in total. The Morgan fingerprint density at radius 2 is 2.00 bits per heavy atom. The number of nitrogens with one attached hydrogen (secondary N) is 1. The zero-order valence-corrected chi connectivity index (χ0v) is 16.2. The monoisotopic (exact) mass is 372 g/mol. The molecule has 2 N–H and O–H groups in total. The molecular formula is C21H28N2O4. The van der Waals surface area contributed by atoms with Crippen LogP contribution in [-0.2, 0) is 17.9 Å². The quantitative estimate of drug-likeness (QED) is 0.627. The van der Waals surface area contributed by atoms with E-state index in [9.17, 15) is 9.90 Å². The Bertz CT molecular complexity index is 730. The van der Waals surface area contributed by atoms with Gasteiger partial charge in [-0.2, -0.15) is 0 Å². The lowest BCUT2D eigenvalue weighted by molar-refractivity contribution is -0.149. The van der Waals surface area contributed by atoms with Crippen molar-refractivity contribution in [3.05, 3.63) is 53.9 Å². The van der Waals surface area contributed by atoms with Gasteiger partial charge in [0.05, 0.1) is 18.2 Å². The number of rotatable bonds is 11. The number of benzene rings is 1. The molecule has 0 unspecified atom stereocenters. The number of aliphatic carboxylic acids is 1. The molecule has 27 heavy (non-hydrogen) atoms. The van der Waals surface area contributed by atoms with Crippen LogP contribution in [0.5, 0.6) is 11.5 Å². The second kappa shape index (κ2) is 9.92. The van der Waals surface area contributed by atoms with Crippen LogP contribution in [0, 0.1) is 5.41 Å². The van der Waals surface area contributed by atoms with Gasteiger partial charge >= 0.3 is 5.97 Å². The molecule has 1 heterocycles. The van der Waals surface area contributed by atoms with Gasteiger partial charge in [-0.15, -0.1) is 0 Å². The first-order chi connectivity index (χ1) is 13.0. The van der Waals surface area contributed by atoms with Gasteiger partial charge in [-0.25, -0.2) is 0 Å². The maximum Gasteiger partial charge on any atom is 0.310 e. The lowest BCUT2D eigenvalue weighted by Crippen LogP contribution is -2.40. The Labute approximate surface area is 160 Å². The molecule has 146 valence electrons. The third-order valence-corrected chi connectivity index (χ3v) is 4.96. The van der Waals surface area contributed by atoms with Gasteiger partial charge in [-0.1, -0.05) is 19.9 Å². The van der Waals surface area contributed by atoms with Crippen LogP contribution >= 0.6 is 0 Å². The highest BCUT2D eigenvalue weighted by Crippen LogP contribution is 2.28. The Kier molecular flexibility index (Phi) is 7.61. The molecular weight excluding hydrogens is 344 g/mol. The molecule has 1 aromatic carbocycles. The standard InChI is InChI=1S/C21H28N2O4/c1-4-21(5-2,20(24)25)15-22-13-16-12-18(26-3)9-10-19(16)27-14-17-8-6-7-11-23-17/h6-12,22H,4-5,13-15H2,1-3H3,(H,24,25). The average Bonchev–Trinajstić information content (AvgIpc) is 2.70. The number of methoxy groups -OCH3 is 1. The highest BCUT2D eigenvalue weighted by molar-refractivity contribution is 5.74. The van der Waals surface area contributed by atoms with Crippen molar-refractivity contribution in [2.24, 2.45) is 5.41 Å². The van der Waals surface area contributed by atoms with Gasteiger partial charge in [-0.3, -0.25) is 9.78 Å². The number of nitrogens with zero attached hydrogens (tertiary/aromatic N) is 1. The van der Waals surface area contributed by atoms with E-state index in [1.807, 2.05) is 50.2 Å². The summed E-state index contributed by atoms with van der Waals surface area (Å²) in [5.41, 5.74) is 0.999. The Balaban J connectivity index is 2.08. The zero-order valence-electron chi connectivity index (χ0n) is 16.2. The average molecular weight is 372 g/mol. The van der Waals surface area contributed by atoms with Crippen molar-refractivity contribution < 1.29 is 19.4 Å². The van der Waals surface area contributed by atoms with Crippen LogP contribution in [0.1, 0.15) is 37.9 Å². The summed E-state index contributed by atoms with van der Waals surface area (Å²) in [6.45, 7) is 5.07. The Morgan fingerprint density at radius 1 is 1.22 bits per heavy atom. The summed E-state index contributed by atoms with van der Waals surface area (Å²) in [6, 6.07) is 11.3. The minimum Gasteiger partial charge on any atom is -0.497 e. The van der Waals surface area contributed by atoms with E-state index in [4.69, 9.17) is 9.47 Å². The van der Waals surface area contributed by atoms with Crippen molar-refractivity contribution in [1.82, 2.24) is 10.3 Å². The van der Waals surface area contributed by atoms with Gasteiger partial charge in [0.25, 0.3) is 0 Å². The maximum atomic E-state index is 11.7. The number of pyridine rings is 1. The number of aromatic nitrogens is 1. The predicted octanol–water partition coefficient (Wildman–Crippen LogP) is 3.65. The van der Waals surface area contributed by atoms with Gasteiger partial charge in [-0.05, 0) is 43.2 Å². The third-order valence-electron chi connectivity index (χ3n) is 4.96. The molecule has 0 aliphatic carbocycles. The van der Waals surface area contributed by atoms with Crippen molar-refractivity contribution in [3.63, 3.8) is 0 Å². The highest BCUT2D eigenvalue weighted by atomic mass is 16.5. The summed E-state index contributed by atoms with van der Waals surface area (Å²) in [7, 11) is 1.62. The summed E-state index contributed by atoms with van der Waals surface area (Å²) in [4.78, 5) is 15.9. The van der Waals surface area contributed by atoms with E-state index in [2.05, 4.69) is 10.3 Å². The molecule has 2 rings (SSSR count). The van der Waals surface area contributed by atoms with E-state index in [0.29, 0.717) is 32.5 Å². The Hall–Kier alpha value is -2.60. The van der Waals surface area contributed by atoms with Gasteiger partial charge in [0.15, 0.2) is 0 Å². The van der Waals surface area contributed by atoms with Crippen LogP contribution < -0.4 is 14.8 Å². The number of hydrogen-bond acceptors (Lipinski definition) is 5. The smallest absolute Gasteiger partial charge is 0.310 e. The minimum absolute atomic E-state index is 0.364. The molecule has 0 spiro atoms. The third kappa shape index (κ3) is 5.44.